The van der Waals surface area contributed by atoms with E-state index in [0.29, 0.717) is 12.5 Å². The van der Waals surface area contributed by atoms with Crippen LogP contribution in [0.2, 0.25) is 0 Å². The molecule has 4 heteroatoms. The van der Waals surface area contributed by atoms with E-state index in [1.54, 1.807) is 12.0 Å². The molecule has 0 saturated carbocycles. The maximum Gasteiger partial charge on any atom is 0.410 e. The topological polar surface area (TPSA) is 38.8 Å². The minimum Gasteiger partial charge on any atom is -0.445 e. The van der Waals surface area contributed by atoms with Crippen LogP contribution in [0.1, 0.15) is 32.3 Å². The summed E-state index contributed by atoms with van der Waals surface area (Å²) < 4.78 is 10.9. The van der Waals surface area contributed by atoms with Crippen molar-refractivity contribution >= 4 is 6.09 Å². The van der Waals surface area contributed by atoms with E-state index in [2.05, 4.69) is 13.8 Å². The molecule has 1 heterocycles. The number of piperidine rings is 1. The van der Waals surface area contributed by atoms with Gasteiger partial charge in [-0.2, -0.15) is 0 Å². The number of carbonyl (C=O) groups excluding carboxylic acids is 1. The molecule has 0 spiro atoms. The Hall–Kier alpha value is -1.55. The summed E-state index contributed by atoms with van der Waals surface area (Å²) in [6, 6.07) is 9.76. The van der Waals surface area contributed by atoms with Crippen LogP contribution in [0.25, 0.3) is 0 Å². The fraction of sp³-hybridized carbons (Fsp3) is 0.588. The van der Waals surface area contributed by atoms with Gasteiger partial charge in [0.25, 0.3) is 0 Å². The molecule has 0 bridgehead atoms. The number of benzene rings is 1. The van der Waals surface area contributed by atoms with Gasteiger partial charge in [-0.1, -0.05) is 30.3 Å². The van der Waals surface area contributed by atoms with Gasteiger partial charge < -0.3 is 14.4 Å². The van der Waals surface area contributed by atoms with Crippen molar-refractivity contribution in [1.29, 1.82) is 0 Å². The van der Waals surface area contributed by atoms with Gasteiger partial charge in [0.2, 0.25) is 0 Å². The molecule has 1 saturated heterocycles. The predicted octanol–water partition coefficient (Wildman–Crippen LogP) is 3.46. The fourth-order valence-corrected chi connectivity index (χ4v) is 2.73. The second kappa shape index (κ2) is 6.94. The van der Waals surface area contributed by atoms with Crippen LogP contribution in [0.15, 0.2) is 30.3 Å². The number of nitrogens with zero attached hydrogens (tertiary/aromatic N) is 1. The maximum atomic E-state index is 12.1. The standard InChI is InChI=1S/C17H25NO3/c1-17(2,20-3)15-9-11-18(12-10-15)16(19)21-13-14-7-5-4-6-8-14/h4-8,15H,9-13H2,1-3H3. The molecule has 0 aromatic heterocycles. The van der Waals surface area contributed by atoms with E-state index in [0.717, 1.165) is 31.5 Å². The van der Waals surface area contributed by atoms with Crippen LogP contribution in [-0.4, -0.2) is 36.8 Å². The summed E-state index contributed by atoms with van der Waals surface area (Å²) in [4.78, 5) is 13.9. The van der Waals surface area contributed by atoms with Crippen LogP contribution < -0.4 is 0 Å². The molecule has 0 radical (unpaired) electrons. The molecule has 1 aliphatic rings. The third-order valence-electron chi connectivity index (χ3n) is 4.47. The molecule has 21 heavy (non-hydrogen) atoms. The molecule has 2 rings (SSSR count). The molecule has 0 unspecified atom stereocenters. The Morgan fingerprint density at radius 3 is 2.43 bits per heavy atom. The first-order valence-electron chi connectivity index (χ1n) is 7.53. The smallest absolute Gasteiger partial charge is 0.410 e. The van der Waals surface area contributed by atoms with Gasteiger partial charge in [-0.3, -0.25) is 0 Å². The highest BCUT2D eigenvalue weighted by molar-refractivity contribution is 5.67. The molecule has 1 aliphatic heterocycles. The van der Waals surface area contributed by atoms with Crippen molar-refractivity contribution in [2.45, 2.75) is 38.9 Å². The highest BCUT2D eigenvalue weighted by Crippen LogP contribution is 2.30. The number of methoxy groups -OCH3 is 1. The Labute approximate surface area is 127 Å². The van der Waals surface area contributed by atoms with Crippen molar-refractivity contribution in [1.82, 2.24) is 4.90 Å². The van der Waals surface area contributed by atoms with Crippen LogP contribution in [0, 0.1) is 5.92 Å². The summed E-state index contributed by atoms with van der Waals surface area (Å²) >= 11 is 0. The third kappa shape index (κ3) is 4.21. The van der Waals surface area contributed by atoms with Gasteiger partial charge in [0.15, 0.2) is 0 Å². The highest BCUT2D eigenvalue weighted by atomic mass is 16.6. The molecule has 1 aromatic carbocycles. The lowest BCUT2D eigenvalue weighted by atomic mass is 9.83. The van der Waals surface area contributed by atoms with Crippen LogP contribution in [0.4, 0.5) is 4.79 Å². The molecule has 1 aromatic rings. The van der Waals surface area contributed by atoms with Crippen molar-refractivity contribution in [3.63, 3.8) is 0 Å². The number of likely N-dealkylation sites (tertiary alicyclic amines) is 1. The van der Waals surface area contributed by atoms with Crippen molar-refractivity contribution in [3.05, 3.63) is 35.9 Å². The number of carbonyl (C=O) groups is 1. The summed E-state index contributed by atoms with van der Waals surface area (Å²) in [5.74, 6) is 0.487. The van der Waals surface area contributed by atoms with Gasteiger partial charge in [-0.05, 0) is 38.2 Å². The van der Waals surface area contributed by atoms with E-state index in [4.69, 9.17) is 9.47 Å². The SMILES string of the molecule is COC(C)(C)C1CCN(C(=O)OCc2ccccc2)CC1. The predicted molar refractivity (Wildman–Crippen MR) is 82.0 cm³/mol. The lowest BCUT2D eigenvalue weighted by molar-refractivity contribution is -0.0480. The van der Waals surface area contributed by atoms with E-state index in [1.165, 1.54) is 0 Å². The zero-order valence-corrected chi connectivity index (χ0v) is 13.2. The molecule has 1 fully saturated rings. The van der Waals surface area contributed by atoms with Crippen LogP contribution in [0.5, 0.6) is 0 Å². The number of amides is 1. The van der Waals surface area contributed by atoms with Gasteiger partial charge in [-0.15, -0.1) is 0 Å². The van der Waals surface area contributed by atoms with E-state index < -0.39 is 0 Å². The average Bonchev–Trinajstić information content (AvgIpc) is 2.53. The van der Waals surface area contributed by atoms with Crippen molar-refractivity contribution in [2.75, 3.05) is 20.2 Å². The summed E-state index contributed by atoms with van der Waals surface area (Å²) in [6.07, 6.45) is 1.70. The molecule has 116 valence electrons. The van der Waals surface area contributed by atoms with Crippen LogP contribution >= 0.6 is 0 Å². The second-order valence-electron chi connectivity index (χ2n) is 6.11. The van der Waals surface area contributed by atoms with Gasteiger partial charge in [-0.25, -0.2) is 4.79 Å². The van der Waals surface area contributed by atoms with Gasteiger partial charge in [0.1, 0.15) is 6.61 Å². The molecule has 0 aliphatic carbocycles. The summed E-state index contributed by atoms with van der Waals surface area (Å²) in [7, 11) is 1.75. The Bertz CT molecular complexity index is 450. The normalized spacial score (nSPS) is 16.8. The van der Waals surface area contributed by atoms with E-state index in [-0.39, 0.29) is 11.7 Å². The summed E-state index contributed by atoms with van der Waals surface area (Å²) in [6.45, 7) is 6.04. The second-order valence-corrected chi connectivity index (χ2v) is 6.11. The van der Waals surface area contributed by atoms with Gasteiger partial charge >= 0.3 is 6.09 Å². The highest BCUT2D eigenvalue weighted by Gasteiger charge is 2.33. The Balaban J connectivity index is 1.78. The van der Waals surface area contributed by atoms with E-state index in [9.17, 15) is 4.79 Å². The lowest BCUT2D eigenvalue weighted by Crippen LogP contribution is -2.45. The summed E-state index contributed by atoms with van der Waals surface area (Å²) in [5, 5.41) is 0. The zero-order valence-electron chi connectivity index (χ0n) is 13.2. The van der Waals surface area contributed by atoms with Gasteiger partial charge in [0, 0.05) is 20.2 Å². The third-order valence-corrected chi connectivity index (χ3v) is 4.47. The van der Waals surface area contributed by atoms with E-state index >= 15 is 0 Å². The van der Waals surface area contributed by atoms with Crippen molar-refractivity contribution < 1.29 is 14.3 Å². The summed E-state index contributed by atoms with van der Waals surface area (Å²) in [5.41, 5.74) is 0.890. The molecule has 4 nitrogen and oxygen atoms in total. The fourth-order valence-electron chi connectivity index (χ4n) is 2.73. The Morgan fingerprint density at radius 2 is 1.86 bits per heavy atom. The minimum atomic E-state index is -0.215. The average molecular weight is 291 g/mol. The Morgan fingerprint density at radius 1 is 1.24 bits per heavy atom. The maximum absolute atomic E-state index is 12.1. The molecular weight excluding hydrogens is 266 g/mol. The van der Waals surface area contributed by atoms with Crippen molar-refractivity contribution in [2.24, 2.45) is 5.92 Å². The molecule has 1 amide bonds. The minimum absolute atomic E-state index is 0.125. The number of hydrogen-bond acceptors (Lipinski definition) is 3. The Kier molecular flexibility index (Phi) is 5.23. The van der Waals surface area contributed by atoms with E-state index in [1.807, 2.05) is 30.3 Å². The van der Waals surface area contributed by atoms with Gasteiger partial charge in [0.05, 0.1) is 5.60 Å². The monoisotopic (exact) mass is 291 g/mol. The molecule has 0 N–H and O–H groups in total. The zero-order chi connectivity index (χ0) is 15.3. The lowest BCUT2D eigenvalue weighted by Gasteiger charge is -2.39. The largest absolute Gasteiger partial charge is 0.445 e. The first-order chi connectivity index (χ1) is 10.0. The molecular formula is C17H25NO3. The van der Waals surface area contributed by atoms with Crippen LogP contribution in [-0.2, 0) is 16.1 Å². The van der Waals surface area contributed by atoms with Crippen molar-refractivity contribution in [3.8, 4) is 0 Å². The quantitative estimate of drug-likeness (QED) is 0.852. The number of ether oxygens (including phenoxy) is 2. The first kappa shape index (κ1) is 15.8. The first-order valence-corrected chi connectivity index (χ1v) is 7.53. The number of hydrogen-bond donors (Lipinski definition) is 0. The van der Waals surface area contributed by atoms with Crippen LogP contribution in [0.3, 0.4) is 0 Å². The molecule has 0 atom stereocenters. The number of rotatable bonds is 4.